The predicted octanol–water partition coefficient (Wildman–Crippen LogP) is 0.715. The van der Waals surface area contributed by atoms with Gasteiger partial charge in [0.05, 0.1) is 11.3 Å². The van der Waals surface area contributed by atoms with Crippen LogP contribution in [0.5, 0.6) is 0 Å². The summed E-state index contributed by atoms with van der Waals surface area (Å²) in [5.41, 5.74) is 1.58. The molecule has 2 rings (SSSR count). The molecule has 0 saturated heterocycles. The molecule has 0 bridgehead atoms. The molecular formula is C5H5NO2S. The normalized spacial score (nSPS) is 16.0. The maximum Gasteiger partial charge on any atom is 0.361 e. The van der Waals surface area contributed by atoms with Crippen molar-refractivity contribution < 1.29 is 4.52 Å². The summed E-state index contributed by atoms with van der Waals surface area (Å²) in [5, 5.41) is 2.58. The maximum atomic E-state index is 10.7. The maximum absolute atomic E-state index is 10.7. The minimum atomic E-state index is -0.199. The lowest BCUT2D eigenvalue weighted by molar-refractivity contribution is 0.386. The zero-order chi connectivity index (χ0) is 6.27. The van der Waals surface area contributed by atoms with Gasteiger partial charge in [-0.25, -0.2) is 9.95 Å². The highest BCUT2D eigenvalue weighted by molar-refractivity contribution is 7.98. The summed E-state index contributed by atoms with van der Waals surface area (Å²) in [4.78, 5) is 10.7. The predicted molar refractivity (Wildman–Crippen MR) is 34.3 cm³/mol. The van der Waals surface area contributed by atoms with Crippen LogP contribution in [0.2, 0.25) is 0 Å². The molecule has 1 N–H and O–H groups in total. The van der Waals surface area contributed by atoms with Gasteiger partial charge in [-0.1, -0.05) is 0 Å². The summed E-state index contributed by atoms with van der Waals surface area (Å²) < 4.78 is 4.54. The fraction of sp³-hybridized carbons (Fsp3) is 0.400. The molecule has 0 saturated carbocycles. The van der Waals surface area contributed by atoms with Gasteiger partial charge in [-0.15, -0.1) is 0 Å². The first-order valence-corrected chi connectivity index (χ1v) is 3.80. The molecule has 0 spiro atoms. The van der Waals surface area contributed by atoms with Crippen LogP contribution < -0.4 is 5.63 Å². The number of fused-ring (bicyclic) bond motifs is 1. The van der Waals surface area contributed by atoms with Crippen LogP contribution >= 0.6 is 11.8 Å². The number of thioether (sulfide) groups is 1. The highest BCUT2D eigenvalue weighted by Gasteiger charge is 2.17. The van der Waals surface area contributed by atoms with Crippen molar-refractivity contribution >= 4 is 11.8 Å². The molecular weight excluding hydrogens is 138 g/mol. The molecule has 1 aromatic heterocycles. The van der Waals surface area contributed by atoms with E-state index in [0.717, 1.165) is 22.8 Å². The summed E-state index contributed by atoms with van der Waals surface area (Å²) in [6, 6.07) is 0. The SMILES string of the molecule is O=c1o[nH]c2c1CSC2. The van der Waals surface area contributed by atoms with E-state index in [4.69, 9.17) is 0 Å². The Hall–Kier alpha value is -0.640. The zero-order valence-corrected chi connectivity index (χ0v) is 5.46. The molecule has 0 aromatic carbocycles. The average Bonchev–Trinajstić information content (AvgIpc) is 2.35. The summed E-state index contributed by atoms with van der Waals surface area (Å²) in [7, 11) is 0. The van der Waals surface area contributed by atoms with Crippen molar-refractivity contribution in [1.29, 1.82) is 0 Å². The van der Waals surface area contributed by atoms with Crippen molar-refractivity contribution in [2.45, 2.75) is 11.5 Å². The lowest BCUT2D eigenvalue weighted by atomic mass is 10.3. The van der Waals surface area contributed by atoms with Crippen LogP contribution in [-0.4, -0.2) is 5.16 Å². The Morgan fingerprint density at radius 1 is 1.56 bits per heavy atom. The van der Waals surface area contributed by atoms with E-state index in [-0.39, 0.29) is 5.63 Å². The Bertz CT molecular complexity index is 275. The molecule has 0 fully saturated rings. The van der Waals surface area contributed by atoms with Crippen LogP contribution in [0.4, 0.5) is 0 Å². The van der Waals surface area contributed by atoms with Gasteiger partial charge in [-0.3, -0.25) is 0 Å². The Morgan fingerprint density at radius 2 is 2.44 bits per heavy atom. The Balaban J connectivity index is 2.70. The van der Waals surface area contributed by atoms with E-state index in [1.165, 1.54) is 0 Å². The van der Waals surface area contributed by atoms with Gasteiger partial charge in [0.25, 0.3) is 0 Å². The van der Waals surface area contributed by atoms with Crippen molar-refractivity contribution in [1.82, 2.24) is 5.16 Å². The highest BCUT2D eigenvalue weighted by Crippen LogP contribution is 2.25. The summed E-state index contributed by atoms with van der Waals surface area (Å²) >= 11 is 1.73. The molecule has 48 valence electrons. The molecule has 4 heteroatoms. The molecule has 0 unspecified atom stereocenters. The third-order valence-corrected chi connectivity index (χ3v) is 2.36. The quantitative estimate of drug-likeness (QED) is 0.582. The van der Waals surface area contributed by atoms with Gasteiger partial charge < -0.3 is 4.52 Å². The van der Waals surface area contributed by atoms with Crippen molar-refractivity contribution in [2.24, 2.45) is 0 Å². The molecule has 0 amide bonds. The molecule has 1 aromatic rings. The molecule has 0 radical (unpaired) electrons. The average molecular weight is 143 g/mol. The Kier molecular flexibility index (Phi) is 0.958. The molecule has 1 aliphatic rings. The van der Waals surface area contributed by atoms with Crippen LogP contribution in [0.3, 0.4) is 0 Å². The number of aromatic nitrogens is 1. The van der Waals surface area contributed by atoms with Gasteiger partial charge >= 0.3 is 5.63 Å². The van der Waals surface area contributed by atoms with E-state index < -0.39 is 0 Å². The van der Waals surface area contributed by atoms with E-state index in [9.17, 15) is 4.79 Å². The topological polar surface area (TPSA) is 46.0 Å². The van der Waals surface area contributed by atoms with Gasteiger partial charge in [0.15, 0.2) is 0 Å². The van der Waals surface area contributed by atoms with Crippen molar-refractivity contribution in [2.75, 3.05) is 0 Å². The number of aromatic amines is 1. The molecule has 9 heavy (non-hydrogen) atoms. The van der Waals surface area contributed by atoms with Gasteiger partial charge in [-0.05, 0) is 0 Å². The second kappa shape index (κ2) is 1.67. The van der Waals surface area contributed by atoms with Crippen molar-refractivity contribution in [3.05, 3.63) is 21.7 Å². The third kappa shape index (κ3) is 0.627. The van der Waals surface area contributed by atoms with Crippen LogP contribution in [0, 0.1) is 0 Å². The second-order valence-electron chi connectivity index (χ2n) is 1.94. The summed E-state index contributed by atoms with van der Waals surface area (Å²) in [6.07, 6.45) is 0. The monoisotopic (exact) mass is 143 g/mol. The lowest BCUT2D eigenvalue weighted by Crippen LogP contribution is -1.97. The highest BCUT2D eigenvalue weighted by atomic mass is 32.2. The van der Waals surface area contributed by atoms with Gasteiger partial charge in [0, 0.05) is 11.5 Å². The van der Waals surface area contributed by atoms with E-state index in [1.807, 2.05) is 0 Å². The Morgan fingerprint density at radius 3 is 3.22 bits per heavy atom. The van der Waals surface area contributed by atoms with Gasteiger partial charge in [0.1, 0.15) is 0 Å². The van der Waals surface area contributed by atoms with Crippen LogP contribution in [0.25, 0.3) is 0 Å². The largest absolute Gasteiger partial charge is 0.361 e. The minimum Gasteiger partial charge on any atom is -0.338 e. The number of hydrogen-bond donors (Lipinski definition) is 1. The number of nitrogens with one attached hydrogen (secondary N) is 1. The van der Waals surface area contributed by atoms with E-state index >= 15 is 0 Å². The molecule has 0 aliphatic carbocycles. The molecule has 2 heterocycles. The number of hydrogen-bond acceptors (Lipinski definition) is 3. The van der Waals surface area contributed by atoms with Gasteiger partial charge in [0.2, 0.25) is 0 Å². The fourth-order valence-corrected chi connectivity index (χ4v) is 1.91. The molecule has 1 aliphatic heterocycles. The van der Waals surface area contributed by atoms with E-state index in [0.29, 0.717) is 0 Å². The van der Waals surface area contributed by atoms with Crippen molar-refractivity contribution in [3.63, 3.8) is 0 Å². The van der Waals surface area contributed by atoms with E-state index in [1.54, 1.807) is 11.8 Å². The van der Waals surface area contributed by atoms with Crippen LogP contribution in [0.1, 0.15) is 11.3 Å². The van der Waals surface area contributed by atoms with Crippen LogP contribution in [0.15, 0.2) is 9.32 Å². The zero-order valence-electron chi connectivity index (χ0n) is 4.64. The second-order valence-corrected chi connectivity index (χ2v) is 2.93. The number of rotatable bonds is 0. The minimum absolute atomic E-state index is 0.199. The first-order valence-electron chi connectivity index (χ1n) is 2.65. The van der Waals surface area contributed by atoms with Crippen LogP contribution in [-0.2, 0) is 11.5 Å². The lowest BCUT2D eigenvalue weighted by Gasteiger charge is -1.78. The number of H-pyrrole nitrogens is 1. The van der Waals surface area contributed by atoms with Gasteiger partial charge in [-0.2, -0.15) is 11.8 Å². The first kappa shape index (κ1) is 5.17. The standard InChI is InChI=1S/C5H5NO2S/c7-5-3-1-9-2-4(3)6-8-5/h6H,1-2H2. The Labute approximate surface area is 55.4 Å². The smallest absolute Gasteiger partial charge is 0.338 e. The van der Waals surface area contributed by atoms with Crippen molar-refractivity contribution in [3.8, 4) is 0 Å². The first-order chi connectivity index (χ1) is 4.38. The summed E-state index contributed by atoms with van der Waals surface area (Å²) in [6.45, 7) is 0. The fourth-order valence-electron chi connectivity index (χ4n) is 0.872. The summed E-state index contributed by atoms with van der Waals surface area (Å²) in [5.74, 6) is 1.70. The molecule has 0 atom stereocenters. The third-order valence-electron chi connectivity index (χ3n) is 1.37. The molecule has 3 nitrogen and oxygen atoms in total. The van der Waals surface area contributed by atoms with E-state index in [2.05, 4.69) is 9.68 Å².